The molecule has 0 bridgehead atoms. The molecule has 208 valence electrons. The molecule has 4 heterocycles. The summed E-state index contributed by atoms with van der Waals surface area (Å²) in [6.07, 6.45) is -1.30. The van der Waals surface area contributed by atoms with E-state index in [9.17, 15) is 22.4 Å². The minimum Gasteiger partial charge on any atom is -0.383 e. The molecule has 1 unspecified atom stereocenters. The van der Waals surface area contributed by atoms with Crippen LogP contribution < -0.4 is 5.73 Å². The summed E-state index contributed by atoms with van der Waals surface area (Å²) in [4.78, 5) is 25.7. The molecule has 3 aromatic heterocycles. The van der Waals surface area contributed by atoms with E-state index in [1.165, 1.54) is 15.9 Å². The van der Waals surface area contributed by atoms with Gasteiger partial charge < -0.3 is 15.2 Å². The van der Waals surface area contributed by atoms with E-state index in [1.807, 2.05) is 0 Å². The van der Waals surface area contributed by atoms with Crippen molar-refractivity contribution in [1.82, 2.24) is 34.2 Å². The fourth-order valence-electron chi connectivity index (χ4n) is 4.76. The molecular formula is C25H21F5N8O2. The van der Waals surface area contributed by atoms with Crippen molar-refractivity contribution < 1.29 is 31.5 Å². The van der Waals surface area contributed by atoms with E-state index in [0.717, 1.165) is 18.5 Å². The second-order valence-electron chi connectivity index (χ2n) is 8.94. The summed E-state index contributed by atoms with van der Waals surface area (Å²) in [7, 11) is 0. The number of hydrogen-bond acceptors (Lipinski definition) is 7. The van der Waals surface area contributed by atoms with Crippen LogP contribution in [0.3, 0.4) is 0 Å². The Labute approximate surface area is 223 Å². The molecule has 1 aliphatic heterocycles. The number of nitrogen functional groups attached to an aromatic ring is 1. The molecule has 0 aliphatic carbocycles. The first-order chi connectivity index (χ1) is 19.0. The van der Waals surface area contributed by atoms with Gasteiger partial charge in [-0.1, -0.05) is 12.5 Å². The van der Waals surface area contributed by atoms with Crippen molar-refractivity contribution >= 4 is 33.8 Å². The van der Waals surface area contributed by atoms with Gasteiger partial charge in [-0.2, -0.15) is 5.10 Å². The predicted octanol–water partition coefficient (Wildman–Crippen LogP) is 3.32. The van der Waals surface area contributed by atoms with Gasteiger partial charge in [-0.3, -0.25) is 9.53 Å². The lowest BCUT2D eigenvalue weighted by molar-refractivity contribution is -0.327. The number of carbonyl (C=O) groups excluding carboxylic acids is 1. The molecule has 5 rings (SSSR count). The third-order valence-corrected chi connectivity index (χ3v) is 6.61. The molecule has 40 heavy (non-hydrogen) atoms. The average Bonchev–Trinajstić information content (AvgIpc) is 3.62. The topological polar surface area (TPSA) is 117 Å². The Hall–Kier alpha value is -4.58. The summed E-state index contributed by atoms with van der Waals surface area (Å²) in [6.45, 7) is 4.84. The van der Waals surface area contributed by atoms with Gasteiger partial charge in [-0.05, 0) is 25.3 Å². The third kappa shape index (κ3) is 4.81. The van der Waals surface area contributed by atoms with Crippen LogP contribution in [0.4, 0.5) is 27.8 Å². The maximum atomic E-state index is 15.1. The highest BCUT2D eigenvalue weighted by Gasteiger charge is 2.40. The van der Waals surface area contributed by atoms with Crippen molar-refractivity contribution in [3.8, 4) is 11.8 Å². The number of aryl methyl sites for hydroxylation is 1. The summed E-state index contributed by atoms with van der Waals surface area (Å²) in [6, 6.07) is -0.455. The number of halogens is 5. The molecule has 2 atom stereocenters. The van der Waals surface area contributed by atoms with Gasteiger partial charge in [-0.15, -0.1) is 13.2 Å². The van der Waals surface area contributed by atoms with E-state index in [2.05, 4.69) is 43.2 Å². The lowest BCUT2D eigenvalue weighted by Crippen LogP contribution is -2.38. The molecule has 1 fully saturated rings. The van der Waals surface area contributed by atoms with Gasteiger partial charge >= 0.3 is 6.36 Å². The first kappa shape index (κ1) is 27.0. The predicted molar refractivity (Wildman–Crippen MR) is 132 cm³/mol. The molecule has 1 aliphatic rings. The summed E-state index contributed by atoms with van der Waals surface area (Å²) in [5.41, 5.74) is 5.93. The molecule has 1 aromatic carbocycles. The third-order valence-electron chi connectivity index (χ3n) is 6.61. The number of nitrogens with two attached hydrogens (primary N) is 1. The van der Waals surface area contributed by atoms with Crippen LogP contribution >= 0.6 is 0 Å². The fraction of sp³-hybridized carbons (Fsp3) is 0.320. The van der Waals surface area contributed by atoms with Gasteiger partial charge in [0.25, 0.3) is 0 Å². The van der Waals surface area contributed by atoms with E-state index >= 15 is 4.39 Å². The highest BCUT2D eigenvalue weighted by Crippen LogP contribution is 2.33. The van der Waals surface area contributed by atoms with Gasteiger partial charge in [0.15, 0.2) is 11.5 Å². The highest BCUT2D eigenvalue weighted by atomic mass is 19.4. The summed E-state index contributed by atoms with van der Waals surface area (Å²) in [5.74, 6) is 2.64. The van der Waals surface area contributed by atoms with Gasteiger partial charge in [0.2, 0.25) is 5.91 Å². The fourth-order valence-corrected chi connectivity index (χ4v) is 4.76. The number of amides is 1. The second kappa shape index (κ2) is 10.2. The van der Waals surface area contributed by atoms with Crippen LogP contribution in [0.15, 0.2) is 31.4 Å². The summed E-state index contributed by atoms with van der Waals surface area (Å²) < 4.78 is 75.1. The molecule has 0 saturated carbocycles. The average molecular weight is 560 g/mol. The molecule has 15 heteroatoms. The number of carbonyl (C=O) groups is 1. The number of benzene rings is 1. The lowest BCUT2D eigenvalue weighted by atomic mass is 10.1. The summed E-state index contributed by atoms with van der Waals surface area (Å²) in [5, 5.41) is 4.60. The zero-order valence-electron chi connectivity index (χ0n) is 20.9. The Morgan fingerprint density at radius 2 is 2.05 bits per heavy atom. The van der Waals surface area contributed by atoms with E-state index in [4.69, 9.17) is 5.73 Å². The number of aromatic nitrogens is 6. The highest BCUT2D eigenvalue weighted by molar-refractivity contribution is 5.91. The molecular weight excluding hydrogens is 539 g/mol. The lowest BCUT2D eigenvalue weighted by Gasteiger charge is -2.23. The Bertz CT molecular complexity index is 1700. The Kier molecular flexibility index (Phi) is 6.88. The minimum atomic E-state index is -4.88. The van der Waals surface area contributed by atoms with E-state index < -0.39 is 48.2 Å². The SMILES string of the molecule is C=CC(=O)N1CC(n2nc(C#Cc3c(F)cc4c(ncn4CC)c3F)c3c(N)ncnc32)C[C@@H]1COC(F)(F)F. The van der Waals surface area contributed by atoms with Crippen LogP contribution in [0.2, 0.25) is 0 Å². The maximum Gasteiger partial charge on any atom is 0.522 e. The van der Waals surface area contributed by atoms with Crippen LogP contribution in [0.25, 0.3) is 22.1 Å². The number of alkyl halides is 3. The van der Waals surface area contributed by atoms with Gasteiger partial charge in [0.1, 0.15) is 29.2 Å². The number of fused-ring (bicyclic) bond motifs is 2. The standard InChI is InChI=1S/C25H21F5N8O2/c1-3-19(39)37-9-13(7-14(37)10-40-25(28,29)30)38-24-20(23(31)32-11-33-24)17(35-38)6-5-15-16(26)8-18-22(21(15)27)34-12-36(18)4-2/h3,8,11-14H,1,4,7,9-10H2,2H3,(H2,31,32,33)/t13?,14-/m1/s1. The molecule has 0 spiro atoms. The van der Waals surface area contributed by atoms with Gasteiger partial charge in [0.05, 0.1) is 41.5 Å². The zero-order chi connectivity index (χ0) is 28.8. The van der Waals surface area contributed by atoms with Crippen molar-refractivity contribution in [2.75, 3.05) is 18.9 Å². The molecule has 1 saturated heterocycles. The molecule has 0 radical (unpaired) electrons. The van der Waals surface area contributed by atoms with Crippen molar-refractivity contribution in [3.63, 3.8) is 0 Å². The van der Waals surface area contributed by atoms with Crippen molar-refractivity contribution in [2.45, 2.75) is 38.3 Å². The minimum absolute atomic E-state index is 0.0114. The molecule has 4 aromatic rings. The number of rotatable bonds is 5. The van der Waals surface area contributed by atoms with Crippen LogP contribution in [-0.4, -0.2) is 65.7 Å². The van der Waals surface area contributed by atoms with Crippen LogP contribution in [-0.2, 0) is 16.1 Å². The molecule has 10 nitrogen and oxygen atoms in total. The monoisotopic (exact) mass is 560 g/mol. The van der Waals surface area contributed by atoms with Gasteiger partial charge in [0, 0.05) is 19.2 Å². The van der Waals surface area contributed by atoms with Crippen LogP contribution in [0.5, 0.6) is 0 Å². The number of ether oxygens (including phenoxy) is 1. The van der Waals surface area contributed by atoms with E-state index in [-0.39, 0.29) is 46.5 Å². The van der Waals surface area contributed by atoms with E-state index in [1.54, 1.807) is 11.5 Å². The quantitative estimate of drug-likeness (QED) is 0.226. The summed E-state index contributed by atoms with van der Waals surface area (Å²) >= 11 is 0. The first-order valence-corrected chi connectivity index (χ1v) is 12.0. The van der Waals surface area contributed by atoms with Crippen molar-refractivity contribution in [3.05, 3.63) is 54.3 Å². The van der Waals surface area contributed by atoms with Crippen molar-refractivity contribution in [2.24, 2.45) is 0 Å². The smallest absolute Gasteiger partial charge is 0.383 e. The molecule has 1 amide bonds. The largest absolute Gasteiger partial charge is 0.522 e. The number of anilines is 1. The number of hydrogen-bond donors (Lipinski definition) is 1. The van der Waals surface area contributed by atoms with Crippen LogP contribution in [0, 0.1) is 23.5 Å². The first-order valence-electron chi connectivity index (χ1n) is 12.0. The maximum absolute atomic E-state index is 15.1. The second-order valence-corrected chi connectivity index (χ2v) is 8.94. The number of imidazole rings is 1. The van der Waals surface area contributed by atoms with Crippen LogP contribution in [0.1, 0.15) is 30.6 Å². The normalized spacial score (nSPS) is 17.4. The Morgan fingerprint density at radius 3 is 2.75 bits per heavy atom. The number of likely N-dealkylation sites (tertiary alicyclic amines) is 1. The number of nitrogens with zero attached hydrogens (tertiary/aromatic N) is 7. The zero-order valence-corrected chi connectivity index (χ0v) is 20.9. The Morgan fingerprint density at radius 1 is 1.27 bits per heavy atom. The Balaban J connectivity index is 1.55. The van der Waals surface area contributed by atoms with E-state index in [0.29, 0.717) is 6.54 Å². The van der Waals surface area contributed by atoms with Crippen molar-refractivity contribution in [1.29, 1.82) is 0 Å². The van der Waals surface area contributed by atoms with Gasteiger partial charge in [-0.25, -0.2) is 28.4 Å². The molecule has 2 N–H and O–H groups in total.